The van der Waals surface area contributed by atoms with Gasteiger partial charge in [-0.1, -0.05) is 67.4 Å². The van der Waals surface area contributed by atoms with Crippen LogP contribution in [0.15, 0.2) is 85.3 Å². The van der Waals surface area contributed by atoms with Crippen LogP contribution in [0.1, 0.15) is 31.2 Å². The molecule has 0 saturated heterocycles. The third-order valence-electron chi connectivity index (χ3n) is 7.54. The van der Waals surface area contributed by atoms with Crippen molar-refractivity contribution in [2.45, 2.75) is 38.3 Å². The molecule has 1 fully saturated rings. The summed E-state index contributed by atoms with van der Waals surface area (Å²) in [7, 11) is 0. The van der Waals surface area contributed by atoms with Crippen LogP contribution < -0.4 is 5.32 Å². The van der Waals surface area contributed by atoms with Crippen molar-refractivity contribution >= 4 is 10.9 Å². The zero-order chi connectivity index (χ0) is 25.0. The Labute approximate surface area is 216 Å². The molecule has 6 heteroatoms. The second-order valence-corrected chi connectivity index (χ2v) is 9.88. The molecule has 186 valence electrons. The van der Waals surface area contributed by atoms with Gasteiger partial charge in [0.1, 0.15) is 0 Å². The Morgan fingerprint density at radius 3 is 2.51 bits per heavy atom. The van der Waals surface area contributed by atoms with Crippen LogP contribution in [0, 0.1) is 5.92 Å². The highest BCUT2D eigenvalue weighted by molar-refractivity contribution is 5.98. The standard InChI is InChI=1S/C31H31N5O/c37-20-24-8-4-5-9-28(24)33-17-21-10-12-23(13-11-21)31-26(22-6-2-1-3-7-22)16-27-29(36-31)14-15-32-30(27)25-18-34-35-19-25/h1-3,6-7,10-16,18-19,24,28,33,37H,4-5,8-9,17,20H2,(H,34,35)/t24-,28?/m1/s1. The molecule has 0 amide bonds. The first-order valence-corrected chi connectivity index (χ1v) is 13.1. The molecule has 2 atom stereocenters. The lowest BCUT2D eigenvalue weighted by atomic mass is 9.85. The molecule has 3 N–H and O–H groups in total. The molecule has 5 aromatic rings. The summed E-state index contributed by atoms with van der Waals surface area (Å²) in [5.41, 5.74) is 8.17. The number of hydrogen-bond donors (Lipinski definition) is 3. The summed E-state index contributed by atoms with van der Waals surface area (Å²) in [6.07, 6.45) is 10.2. The number of pyridine rings is 2. The van der Waals surface area contributed by atoms with Crippen molar-refractivity contribution in [1.82, 2.24) is 25.5 Å². The van der Waals surface area contributed by atoms with Gasteiger partial charge >= 0.3 is 0 Å². The summed E-state index contributed by atoms with van der Waals surface area (Å²) >= 11 is 0. The van der Waals surface area contributed by atoms with Gasteiger partial charge in [-0.15, -0.1) is 0 Å². The molecule has 2 aromatic carbocycles. The summed E-state index contributed by atoms with van der Waals surface area (Å²) in [4.78, 5) is 9.79. The van der Waals surface area contributed by atoms with Crippen molar-refractivity contribution < 1.29 is 5.11 Å². The fourth-order valence-electron chi connectivity index (χ4n) is 5.49. The molecule has 1 saturated carbocycles. The minimum atomic E-state index is 0.268. The van der Waals surface area contributed by atoms with Gasteiger partial charge in [0.15, 0.2) is 0 Å². The Morgan fingerprint density at radius 2 is 1.73 bits per heavy atom. The number of hydrogen-bond acceptors (Lipinski definition) is 5. The molecule has 6 nitrogen and oxygen atoms in total. The molecule has 0 bridgehead atoms. The molecule has 0 radical (unpaired) electrons. The summed E-state index contributed by atoms with van der Waals surface area (Å²) < 4.78 is 0. The minimum Gasteiger partial charge on any atom is -0.396 e. The predicted octanol–water partition coefficient (Wildman–Crippen LogP) is 5.99. The van der Waals surface area contributed by atoms with E-state index in [2.05, 4.69) is 75.1 Å². The van der Waals surface area contributed by atoms with E-state index in [1.54, 1.807) is 6.20 Å². The normalized spacial score (nSPS) is 17.8. The molecule has 1 aliphatic carbocycles. The van der Waals surface area contributed by atoms with Crippen LogP contribution in [0.25, 0.3) is 44.5 Å². The molecule has 0 aliphatic heterocycles. The van der Waals surface area contributed by atoms with Gasteiger partial charge in [-0.25, -0.2) is 4.98 Å². The number of aromatic nitrogens is 4. The predicted molar refractivity (Wildman–Crippen MR) is 148 cm³/mol. The Kier molecular flexibility index (Phi) is 6.76. The first-order chi connectivity index (χ1) is 18.3. The van der Waals surface area contributed by atoms with Crippen molar-refractivity contribution in [3.63, 3.8) is 0 Å². The maximum atomic E-state index is 9.73. The van der Waals surface area contributed by atoms with E-state index in [1.165, 1.54) is 18.4 Å². The SMILES string of the molecule is OC[C@H]1CCCCC1NCc1ccc(-c2nc3ccnc(-c4cn[nH]c4)c3cc2-c2ccccc2)cc1. The van der Waals surface area contributed by atoms with E-state index in [0.29, 0.717) is 12.0 Å². The van der Waals surface area contributed by atoms with Crippen LogP contribution in [0.2, 0.25) is 0 Å². The van der Waals surface area contributed by atoms with Gasteiger partial charge in [0.2, 0.25) is 0 Å². The van der Waals surface area contributed by atoms with E-state index in [4.69, 9.17) is 4.98 Å². The second kappa shape index (κ2) is 10.6. The largest absolute Gasteiger partial charge is 0.396 e. The summed E-state index contributed by atoms with van der Waals surface area (Å²) in [5, 5.41) is 21.4. The lowest BCUT2D eigenvalue weighted by Crippen LogP contribution is -2.39. The van der Waals surface area contributed by atoms with E-state index in [-0.39, 0.29) is 6.61 Å². The van der Waals surface area contributed by atoms with E-state index in [1.807, 2.05) is 24.5 Å². The topological polar surface area (TPSA) is 86.7 Å². The minimum absolute atomic E-state index is 0.268. The molecule has 3 aromatic heterocycles. The Bertz CT molecular complexity index is 1470. The van der Waals surface area contributed by atoms with Gasteiger partial charge in [0, 0.05) is 53.7 Å². The van der Waals surface area contributed by atoms with Crippen LogP contribution in [0.4, 0.5) is 0 Å². The van der Waals surface area contributed by atoms with Crippen LogP contribution in [0.5, 0.6) is 0 Å². The van der Waals surface area contributed by atoms with Gasteiger partial charge in [-0.05, 0) is 42.0 Å². The van der Waals surface area contributed by atoms with E-state index >= 15 is 0 Å². The highest BCUT2D eigenvalue weighted by atomic mass is 16.3. The number of H-pyrrole nitrogens is 1. The van der Waals surface area contributed by atoms with Crippen LogP contribution in [-0.4, -0.2) is 37.9 Å². The third kappa shape index (κ3) is 4.90. The number of rotatable bonds is 7. The Balaban J connectivity index is 1.35. The highest BCUT2D eigenvalue weighted by Gasteiger charge is 2.23. The van der Waals surface area contributed by atoms with Crippen molar-refractivity contribution in [3.8, 4) is 33.6 Å². The van der Waals surface area contributed by atoms with Gasteiger partial charge in [0.25, 0.3) is 0 Å². The number of nitrogens with one attached hydrogen (secondary N) is 2. The molecule has 1 aliphatic rings. The molecule has 1 unspecified atom stereocenters. The van der Waals surface area contributed by atoms with E-state index in [9.17, 15) is 5.11 Å². The number of aliphatic hydroxyl groups is 1. The van der Waals surface area contributed by atoms with Crippen LogP contribution >= 0.6 is 0 Å². The molecule has 6 rings (SSSR count). The fraction of sp³-hybridized carbons (Fsp3) is 0.258. The average molecular weight is 490 g/mol. The zero-order valence-electron chi connectivity index (χ0n) is 20.8. The first kappa shape index (κ1) is 23.5. The Morgan fingerprint density at radius 1 is 0.892 bits per heavy atom. The van der Waals surface area contributed by atoms with Gasteiger partial charge < -0.3 is 10.4 Å². The van der Waals surface area contributed by atoms with Crippen LogP contribution in [-0.2, 0) is 6.54 Å². The number of fused-ring (bicyclic) bond motifs is 1. The summed E-state index contributed by atoms with van der Waals surface area (Å²) in [6.45, 7) is 1.07. The average Bonchev–Trinajstić information content (AvgIpc) is 3.51. The number of nitrogens with zero attached hydrogens (tertiary/aromatic N) is 3. The number of aliphatic hydroxyl groups excluding tert-OH is 1. The summed E-state index contributed by atoms with van der Waals surface area (Å²) in [5.74, 6) is 0.365. The monoisotopic (exact) mass is 489 g/mol. The molecule has 37 heavy (non-hydrogen) atoms. The van der Waals surface area contributed by atoms with Crippen LogP contribution in [0.3, 0.4) is 0 Å². The third-order valence-corrected chi connectivity index (χ3v) is 7.54. The van der Waals surface area contributed by atoms with Gasteiger partial charge in [0.05, 0.1) is 23.1 Å². The maximum Gasteiger partial charge on any atom is 0.0827 e. The first-order valence-electron chi connectivity index (χ1n) is 13.1. The zero-order valence-corrected chi connectivity index (χ0v) is 20.8. The summed E-state index contributed by atoms with van der Waals surface area (Å²) in [6, 6.07) is 23.7. The maximum absolute atomic E-state index is 9.73. The van der Waals surface area contributed by atoms with Crippen molar-refractivity contribution in [2.75, 3.05) is 6.61 Å². The van der Waals surface area contributed by atoms with Crippen molar-refractivity contribution in [1.29, 1.82) is 0 Å². The van der Waals surface area contributed by atoms with Crippen molar-refractivity contribution in [2.24, 2.45) is 5.92 Å². The molecule has 3 heterocycles. The fourth-order valence-corrected chi connectivity index (χ4v) is 5.49. The van der Waals surface area contributed by atoms with Crippen molar-refractivity contribution in [3.05, 3.63) is 90.9 Å². The lowest BCUT2D eigenvalue weighted by molar-refractivity contribution is 0.152. The van der Waals surface area contributed by atoms with Gasteiger partial charge in [-0.2, -0.15) is 5.10 Å². The molecular formula is C31H31N5O. The number of benzene rings is 2. The molecular weight excluding hydrogens is 458 g/mol. The second-order valence-electron chi connectivity index (χ2n) is 9.88. The lowest BCUT2D eigenvalue weighted by Gasteiger charge is -2.31. The quantitative estimate of drug-likeness (QED) is 0.261. The number of aromatic amines is 1. The highest BCUT2D eigenvalue weighted by Crippen LogP contribution is 2.36. The van der Waals surface area contributed by atoms with Gasteiger partial charge in [-0.3, -0.25) is 10.1 Å². The Hall–Kier alpha value is -3.87. The van der Waals surface area contributed by atoms with E-state index in [0.717, 1.165) is 63.9 Å². The van der Waals surface area contributed by atoms with E-state index < -0.39 is 0 Å². The smallest absolute Gasteiger partial charge is 0.0827 e. The molecule has 0 spiro atoms.